The Balaban J connectivity index is 1.99. The Bertz CT molecular complexity index is 845. The molecule has 0 radical (unpaired) electrons. The van der Waals surface area contributed by atoms with Crippen LogP contribution in [0, 0.1) is 0 Å². The van der Waals surface area contributed by atoms with Crippen LogP contribution < -0.4 is 10.6 Å². The normalized spacial score (nSPS) is 10.9. The number of carbonyl (C=O) groups excluding carboxylic acids is 3. The fourth-order valence-electron chi connectivity index (χ4n) is 1.92. The van der Waals surface area contributed by atoms with E-state index in [9.17, 15) is 14.4 Å². The smallest absolute Gasteiger partial charge is 0.252 e. The quantitative estimate of drug-likeness (QED) is 0.633. The van der Waals surface area contributed by atoms with Crippen LogP contribution in [-0.2, 0) is 9.59 Å². The molecule has 0 atom stereocenters. The number of hydrogen-bond acceptors (Lipinski definition) is 4. The van der Waals surface area contributed by atoms with Gasteiger partial charge in [-0.1, -0.05) is 11.6 Å². The van der Waals surface area contributed by atoms with Crippen LogP contribution in [0.25, 0.3) is 0 Å². The third-order valence-electron chi connectivity index (χ3n) is 3.23. The molecule has 0 spiro atoms. The number of aromatic nitrogens is 1. The summed E-state index contributed by atoms with van der Waals surface area (Å²) in [5.41, 5.74) is 1.29. The van der Waals surface area contributed by atoms with Crippen molar-refractivity contribution < 1.29 is 14.4 Å². The Hall–Kier alpha value is -2.99. The number of nitrogens with zero attached hydrogens (tertiary/aromatic N) is 1. The highest BCUT2D eigenvalue weighted by Crippen LogP contribution is 2.13. The zero-order valence-electron chi connectivity index (χ0n) is 13.7. The Morgan fingerprint density at radius 1 is 1.04 bits per heavy atom. The molecule has 1 aromatic heterocycles. The summed E-state index contributed by atoms with van der Waals surface area (Å²) >= 11 is 5.82. The van der Waals surface area contributed by atoms with Gasteiger partial charge in [-0.25, -0.2) is 4.98 Å². The van der Waals surface area contributed by atoms with Crippen LogP contribution in [0.4, 0.5) is 11.5 Å². The lowest BCUT2D eigenvalue weighted by molar-refractivity contribution is -0.114. The molecule has 1 heterocycles. The molecule has 0 bridgehead atoms. The summed E-state index contributed by atoms with van der Waals surface area (Å²) in [5, 5.41) is 5.62. The van der Waals surface area contributed by atoms with E-state index in [1.54, 1.807) is 30.3 Å². The third-order valence-corrected chi connectivity index (χ3v) is 3.46. The van der Waals surface area contributed by atoms with Crippen LogP contribution in [0.2, 0.25) is 5.02 Å². The number of ketones is 1. The molecular formula is C18H16ClN3O3. The average molecular weight is 358 g/mol. The van der Waals surface area contributed by atoms with Gasteiger partial charge in [-0.2, -0.15) is 0 Å². The van der Waals surface area contributed by atoms with Crippen LogP contribution in [-0.4, -0.2) is 22.6 Å². The van der Waals surface area contributed by atoms with E-state index in [2.05, 4.69) is 15.6 Å². The Kier molecular flexibility index (Phi) is 6.03. The van der Waals surface area contributed by atoms with Gasteiger partial charge in [0.05, 0.1) is 0 Å². The number of halogens is 1. The summed E-state index contributed by atoms with van der Waals surface area (Å²) in [6, 6.07) is 9.56. The molecule has 0 aliphatic rings. The van der Waals surface area contributed by atoms with Crippen molar-refractivity contribution in [3.05, 3.63) is 64.8 Å². The van der Waals surface area contributed by atoms with E-state index in [4.69, 9.17) is 11.6 Å². The molecule has 0 aliphatic carbocycles. The van der Waals surface area contributed by atoms with E-state index in [1.807, 2.05) is 0 Å². The van der Waals surface area contributed by atoms with Crippen molar-refractivity contribution in [1.82, 2.24) is 4.98 Å². The van der Waals surface area contributed by atoms with Gasteiger partial charge in [-0.05, 0) is 50.2 Å². The molecule has 6 nitrogen and oxygen atoms in total. The second kappa shape index (κ2) is 8.21. The summed E-state index contributed by atoms with van der Waals surface area (Å²) in [6.45, 7) is 2.98. The minimum atomic E-state index is -0.461. The van der Waals surface area contributed by atoms with Gasteiger partial charge >= 0.3 is 0 Å². The highest BCUT2D eigenvalue weighted by molar-refractivity contribution is 6.30. The minimum Gasteiger partial charge on any atom is -0.323 e. The molecule has 0 fully saturated rings. The second-order valence-corrected chi connectivity index (χ2v) is 5.70. The Labute approximate surface area is 149 Å². The first-order valence-corrected chi connectivity index (χ1v) is 7.76. The van der Waals surface area contributed by atoms with Crippen LogP contribution in [0.5, 0.6) is 0 Å². The monoisotopic (exact) mass is 357 g/mol. The standard InChI is InChI=1S/C18H16ClN3O3/c1-11(18(25)22-16-10-14(19)7-8-20-16)9-17(24)21-15-5-3-13(4-6-15)12(2)23/h3-10H,1-2H3,(H,21,24)(H,20,22,25)/b11-9+. The van der Waals surface area contributed by atoms with E-state index in [0.29, 0.717) is 22.1 Å². The number of pyridine rings is 1. The summed E-state index contributed by atoms with van der Waals surface area (Å²) in [6.07, 6.45) is 2.65. The van der Waals surface area contributed by atoms with Crippen LogP contribution >= 0.6 is 11.6 Å². The number of benzene rings is 1. The molecule has 2 N–H and O–H groups in total. The van der Waals surface area contributed by atoms with E-state index in [-0.39, 0.29) is 11.4 Å². The molecular weight excluding hydrogens is 342 g/mol. The van der Waals surface area contributed by atoms with Crippen LogP contribution in [0.15, 0.2) is 54.2 Å². The maximum atomic E-state index is 12.1. The van der Waals surface area contributed by atoms with Crippen molar-refractivity contribution in [3.63, 3.8) is 0 Å². The highest BCUT2D eigenvalue weighted by Gasteiger charge is 2.09. The minimum absolute atomic E-state index is 0.0556. The summed E-state index contributed by atoms with van der Waals surface area (Å²) in [7, 11) is 0. The number of carbonyl (C=O) groups is 3. The van der Waals surface area contributed by atoms with Crippen molar-refractivity contribution in [2.75, 3.05) is 10.6 Å². The van der Waals surface area contributed by atoms with Gasteiger partial charge in [-0.15, -0.1) is 0 Å². The van der Waals surface area contributed by atoms with Gasteiger partial charge in [0, 0.05) is 34.1 Å². The highest BCUT2D eigenvalue weighted by atomic mass is 35.5. The fourth-order valence-corrected chi connectivity index (χ4v) is 2.08. The molecule has 0 saturated carbocycles. The molecule has 2 aromatic rings. The van der Waals surface area contributed by atoms with Crippen molar-refractivity contribution in [2.24, 2.45) is 0 Å². The van der Waals surface area contributed by atoms with Gasteiger partial charge in [0.25, 0.3) is 5.91 Å². The number of anilines is 2. The van der Waals surface area contributed by atoms with Crippen LogP contribution in [0.3, 0.4) is 0 Å². The van der Waals surface area contributed by atoms with E-state index >= 15 is 0 Å². The number of amides is 2. The Morgan fingerprint density at radius 2 is 1.72 bits per heavy atom. The SMILES string of the molecule is CC(=O)c1ccc(NC(=O)/C=C(\C)C(=O)Nc2cc(Cl)ccn2)cc1. The molecule has 0 aliphatic heterocycles. The van der Waals surface area contributed by atoms with Gasteiger partial charge in [0.1, 0.15) is 5.82 Å². The lowest BCUT2D eigenvalue weighted by atomic mass is 10.1. The molecule has 2 rings (SSSR count). The molecule has 1 aromatic carbocycles. The van der Waals surface area contributed by atoms with Gasteiger partial charge in [0.15, 0.2) is 5.78 Å². The average Bonchev–Trinajstić information content (AvgIpc) is 2.55. The molecule has 0 unspecified atom stereocenters. The fraction of sp³-hybridized carbons (Fsp3) is 0.111. The maximum absolute atomic E-state index is 12.1. The molecule has 2 amide bonds. The molecule has 25 heavy (non-hydrogen) atoms. The van der Waals surface area contributed by atoms with E-state index < -0.39 is 11.8 Å². The van der Waals surface area contributed by atoms with Crippen molar-refractivity contribution in [1.29, 1.82) is 0 Å². The van der Waals surface area contributed by atoms with Crippen molar-refractivity contribution >= 4 is 40.7 Å². The largest absolute Gasteiger partial charge is 0.323 e. The lowest BCUT2D eigenvalue weighted by Gasteiger charge is -2.06. The summed E-state index contributed by atoms with van der Waals surface area (Å²) in [4.78, 5) is 39.2. The maximum Gasteiger partial charge on any atom is 0.252 e. The number of Topliss-reactive ketones (excluding diaryl/α,β-unsaturated/α-hetero) is 1. The number of hydrogen-bond donors (Lipinski definition) is 2. The zero-order chi connectivity index (χ0) is 18.4. The van der Waals surface area contributed by atoms with E-state index in [0.717, 1.165) is 0 Å². The topological polar surface area (TPSA) is 88.2 Å². The van der Waals surface area contributed by atoms with Gasteiger partial charge in [0.2, 0.25) is 5.91 Å². The molecule has 128 valence electrons. The van der Waals surface area contributed by atoms with Gasteiger partial charge < -0.3 is 10.6 Å². The first kappa shape index (κ1) is 18.4. The zero-order valence-corrected chi connectivity index (χ0v) is 14.4. The van der Waals surface area contributed by atoms with Gasteiger partial charge in [-0.3, -0.25) is 14.4 Å². The predicted octanol–water partition coefficient (Wildman–Crippen LogP) is 3.46. The first-order valence-electron chi connectivity index (χ1n) is 7.38. The number of rotatable bonds is 5. The molecule has 0 saturated heterocycles. The summed E-state index contributed by atoms with van der Waals surface area (Å²) in [5.74, 6) is -0.676. The Morgan fingerprint density at radius 3 is 2.32 bits per heavy atom. The third kappa shape index (κ3) is 5.54. The summed E-state index contributed by atoms with van der Waals surface area (Å²) < 4.78 is 0. The predicted molar refractivity (Wildman–Crippen MR) is 96.7 cm³/mol. The number of nitrogens with one attached hydrogen (secondary N) is 2. The molecule has 7 heteroatoms. The van der Waals surface area contributed by atoms with Crippen molar-refractivity contribution in [2.45, 2.75) is 13.8 Å². The van der Waals surface area contributed by atoms with Crippen molar-refractivity contribution in [3.8, 4) is 0 Å². The second-order valence-electron chi connectivity index (χ2n) is 5.26. The lowest BCUT2D eigenvalue weighted by Crippen LogP contribution is -2.16. The van der Waals surface area contributed by atoms with E-state index in [1.165, 1.54) is 32.2 Å². The van der Waals surface area contributed by atoms with Crippen LogP contribution in [0.1, 0.15) is 24.2 Å². The first-order chi connectivity index (χ1) is 11.8.